The van der Waals surface area contributed by atoms with E-state index in [1.54, 1.807) is 0 Å². The van der Waals surface area contributed by atoms with Crippen molar-refractivity contribution in [2.75, 3.05) is 0 Å². The summed E-state index contributed by atoms with van der Waals surface area (Å²) >= 11 is 0. The third kappa shape index (κ3) is 2.42. The summed E-state index contributed by atoms with van der Waals surface area (Å²) in [6.07, 6.45) is 7.59. The Morgan fingerprint density at radius 3 is 2.80 bits per heavy atom. The molecule has 0 aromatic carbocycles. The Labute approximate surface area is 119 Å². The lowest BCUT2D eigenvalue weighted by molar-refractivity contribution is 0.0910. The van der Waals surface area contributed by atoms with Crippen molar-refractivity contribution < 1.29 is 4.79 Å². The fourth-order valence-electron chi connectivity index (χ4n) is 3.01. The molecule has 2 aromatic rings. The van der Waals surface area contributed by atoms with Crippen LogP contribution in [0.2, 0.25) is 0 Å². The Bertz CT molecular complexity index is 648. The number of aryl methyl sites for hydroxylation is 3. The molecule has 0 N–H and O–H groups in total. The standard InChI is InChI=1S/C16H21N3O/c1-12-10-17-19(11-12)7-6-18-5-4-13-14(18)8-16(2,3)9-15(13)20/h4-5,10-11H,6-9H2,1-3H3. The minimum atomic E-state index is 0.0719. The van der Waals surface area contributed by atoms with E-state index in [1.807, 2.05) is 36.3 Å². The molecule has 3 rings (SSSR count). The van der Waals surface area contributed by atoms with Gasteiger partial charge in [-0.1, -0.05) is 13.8 Å². The largest absolute Gasteiger partial charge is 0.349 e. The van der Waals surface area contributed by atoms with Crippen LogP contribution in [0.4, 0.5) is 0 Å². The molecule has 2 heterocycles. The van der Waals surface area contributed by atoms with Crippen LogP contribution in [-0.4, -0.2) is 20.1 Å². The summed E-state index contributed by atoms with van der Waals surface area (Å²) in [5.74, 6) is 0.282. The third-order valence-corrected chi connectivity index (χ3v) is 4.00. The first-order chi connectivity index (χ1) is 9.44. The average Bonchev–Trinajstić information content (AvgIpc) is 2.92. The fourth-order valence-corrected chi connectivity index (χ4v) is 3.01. The maximum atomic E-state index is 12.2. The predicted molar refractivity (Wildman–Crippen MR) is 77.8 cm³/mol. The lowest BCUT2D eigenvalue weighted by Crippen LogP contribution is -2.28. The van der Waals surface area contributed by atoms with Crippen LogP contribution in [0.3, 0.4) is 0 Å². The van der Waals surface area contributed by atoms with Gasteiger partial charge in [0, 0.05) is 36.6 Å². The molecule has 0 saturated heterocycles. The molecule has 4 heteroatoms. The number of hydrogen-bond acceptors (Lipinski definition) is 2. The Morgan fingerprint density at radius 1 is 1.30 bits per heavy atom. The van der Waals surface area contributed by atoms with Crippen LogP contribution in [-0.2, 0) is 19.5 Å². The zero-order chi connectivity index (χ0) is 14.3. The number of hydrogen-bond donors (Lipinski definition) is 0. The number of fused-ring (bicyclic) bond motifs is 1. The highest BCUT2D eigenvalue weighted by Crippen LogP contribution is 2.35. The fraction of sp³-hybridized carbons (Fsp3) is 0.500. The molecule has 106 valence electrons. The van der Waals surface area contributed by atoms with Crippen LogP contribution in [0.15, 0.2) is 24.7 Å². The van der Waals surface area contributed by atoms with Crippen molar-refractivity contribution in [2.45, 2.75) is 46.7 Å². The van der Waals surface area contributed by atoms with Crippen LogP contribution in [0.5, 0.6) is 0 Å². The highest BCUT2D eigenvalue weighted by molar-refractivity contribution is 5.98. The molecule has 0 radical (unpaired) electrons. The molecule has 0 aliphatic heterocycles. The van der Waals surface area contributed by atoms with Crippen molar-refractivity contribution in [1.29, 1.82) is 0 Å². The molecule has 2 aromatic heterocycles. The van der Waals surface area contributed by atoms with Gasteiger partial charge in [0.15, 0.2) is 5.78 Å². The quantitative estimate of drug-likeness (QED) is 0.861. The van der Waals surface area contributed by atoms with Gasteiger partial charge in [-0.25, -0.2) is 0 Å². The topological polar surface area (TPSA) is 39.8 Å². The van der Waals surface area contributed by atoms with E-state index < -0.39 is 0 Å². The lowest BCUT2D eigenvalue weighted by Gasteiger charge is -2.29. The van der Waals surface area contributed by atoms with E-state index >= 15 is 0 Å². The number of nitrogens with zero attached hydrogens (tertiary/aromatic N) is 3. The molecule has 0 unspecified atom stereocenters. The first-order valence-corrected chi connectivity index (χ1v) is 7.15. The van der Waals surface area contributed by atoms with E-state index in [9.17, 15) is 4.79 Å². The van der Waals surface area contributed by atoms with Gasteiger partial charge in [0.25, 0.3) is 0 Å². The predicted octanol–water partition coefficient (Wildman–Crippen LogP) is 2.85. The van der Waals surface area contributed by atoms with E-state index in [1.165, 1.54) is 11.3 Å². The zero-order valence-corrected chi connectivity index (χ0v) is 12.4. The number of rotatable bonds is 3. The van der Waals surface area contributed by atoms with Gasteiger partial charge in [-0.15, -0.1) is 0 Å². The van der Waals surface area contributed by atoms with Gasteiger partial charge in [-0.3, -0.25) is 9.48 Å². The average molecular weight is 271 g/mol. The Kier molecular flexibility index (Phi) is 3.04. The van der Waals surface area contributed by atoms with Crippen molar-refractivity contribution >= 4 is 5.78 Å². The number of aromatic nitrogens is 3. The van der Waals surface area contributed by atoms with E-state index in [0.29, 0.717) is 6.42 Å². The normalized spacial score (nSPS) is 17.2. The molecule has 0 spiro atoms. The number of carbonyl (C=O) groups excluding carboxylic acids is 1. The smallest absolute Gasteiger partial charge is 0.165 e. The van der Waals surface area contributed by atoms with Gasteiger partial charge >= 0.3 is 0 Å². The van der Waals surface area contributed by atoms with Gasteiger partial charge in [0.2, 0.25) is 0 Å². The minimum Gasteiger partial charge on any atom is -0.349 e. The second-order valence-corrected chi connectivity index (χ2v) is 6.59. The van der Waals surface area contributed by atoms with Gasteiger partial charge in [-0.2, -0.15) is 5.10 Å². The summed E-state index contributed by atoms with van der Waals surface area (Å²) < 4.78 is 4.17. The van der Waals surface area contributed by atoms with Gasteiger partial charge in [-0.05, 0) is 30.4 Å². The van der Waals surface area contributed by atoms with E-state index in [-0.39, 0.29) is 11.2 Å². The summed E-state index contributed by atoms with van der Waals surface area (Å²) in [6.45, 7) is 8.08. The number of Topliss-reactive ketones (excluding diaryl/α,β-unsaturated/α-hetero) is 1. The van der Waals surface area contributed by atoms with Gasteiger partial charge in [0.05, 0.1) is 12.7 Å². The zero-order valence-electron chi connectivity index (χ0n) is 12.4. The van der Waals surface area contributed by atoms with Crippen molar-refractivity contribution in [3.63, 3.8) is 0 Å². The summed E-state index contributed by atoms with van der Waals surface area (Å²) in [4.78, 5) is 12.2. The number of ketones is 1. The van der Waals surface area contributed by atoms with Crippen LogP contribution >= 0.6 is 0 Å². The maximum Gasteiger partial charge on any atom is 0.165 e. The Hall–Kier alpha value is -1.84. The molecule has 1 aliphatic carbocycles. The van der Waals surface area contributed by atoms with Crippen molar-refractivity contribution in [1.82, 2.24) is 14.3 Å². The van der Waals surface area contributed by atoms with Crippen LogP contribution in [0.1, 0.15) is 41.9 Å². The molecule has 0 atom stereocenters. The van der Waals surface area contributed by atoms with E-state index in [0.717, 1.165) is 25.1 Å². The highest BCUT2D eigenvalue weighted by atomic mass is 16.1. The molecular formula is C16H21N3O. The first kappa shape index (κ1) is 13.2. The lowest BCUT2D eigenvalue weighted by atomic mass is 9.76. The SMILES string of the molecule is Cc1cnn(CCn2ccc3c2CC(C)(C)CC3=O)c1. The van der Waals surface area contributed by atoms with Crippen LogP contribution in [0, 0.1) is 12.3 Å². The summed E-state index contributed by atoms with van der Waals surface area (Å²) in [5.41, 5.74) is 3.36. The van der Waals surface area contributed by atoms with Crippen molar-refractivity contribution in [2.24, 2.45) is 5.41 Å². The molecule has 1 aliphatic rings. The molecule has 0 bridgehead atoms. The molecule has 20 heavy (non-hydrogen) atoms. The van der Waals surface area contributed by atoms with Crippen LogP contribution < -0.4 is 0 Å². The van der Waals surface area contributed by atoms with Crippen molar-refractivity contribution in [3.8, 4) is 0 Å². The van der Waals surface area contributed by atoms with Crippen LogP contribution in [0.25, 0.3) is 0 Å². The van der Waals surface area contributed by atoms with E-state index in [2.05, 4.69) is 23.5 Å². The van der Waals surface area contributed by atoms with Gasteiger partial charge in [0.1, 0.15) is 0 Å². The Balaban J connectivity index is 1.80. The minimum absolute atomic E-state index is 0.0719. The summed E-state index contributed by atoms with van der Waals surface area (Å²) in [7, 11) is 0. The summed E-state index contributed by atoms with van der Waals surface area (Å²) in [5, 5.41) is 4.31. The maximum absolute atomic E-state index is 12.2. The van der Waals surface area contributed by atoms with Gasteiger partial charge < -0.3 is 4.57 Å². The third-order valence-electron chi connectivity index (χ3n) is 4.00. The Morgan fingerprint density at radius 2 is 2.10 bits per heavy atom. The highest BCUT2D eigenvalue weighted by Gasteiger charge is 2.32. The molecule has 0 saturated carbocycles. The first-order valence-electron chi connectivity index (χ1n) is 7.15. The molecular weight excluding hydrogens is 250 g/mol. The second-order valence-electron chi connectivity index (χ2n) is 6.59. The van der Waals surface area contributed by atoms with Crippen molar-refractivity contribution in [3.05, 3.63) is 41.5 Å². The molecule has 0 amide bonds. The summed E-state index contributed by atoms with van der Waals surface area (Å²) in [6, 6.07) is 1.97. The van der Waals surface area contributed by atoms with E-state index in [4.69, 9.17) is 0 Å². The monoisotopic (exact) mass is 271 g/mol. The molecule has 0 fully saturated rings. The second kappa shape index (κ2) is 4.62. The molecule has 4 nitrogen and oxygen atoms in total. The number of carbonyl (C=O) groups is 1.